The molecule has 1 aromatic carbocycles. The summed E-state index contributed by atoms with van der Waals surface area (Å²) in [6, 6.07) is 10.5. The fourth-order valence-corrected chi connectivity index (χ4v) is 3.66. The normalized spacial score (nSPS) is 21.5. The summed E-state index contributed by atoms with van der Waals surface area (Å²) in [7, 11) is 0. The van der Waals surface area contributed by atoms with Crippen molar-refractivity contribution < 1.29 is 9.32 Å². The minimum atomic E-state index is 0.0646. The van der Waals surface area contributed by atoms with Crippen molar-refractivity contribution in [3.8, 4) is 0 Å². The SMILES string of the molecule is O=C1NCCN1[C@@H]1CCCN(Cc2nc(Cc3ccccc3)no2)C1. The molecule has 7 nitrogen and oxygen atoms in total. The minimum absolute atomic E-state index is 0.0646. The van der Waals surface area contributed by atoms with Gasteiger partial charge < -0.3 is 14.7 Å². The van der Waals surface area contributed by atoms with Gasteiger partial charge in [0, 0.05) is 32.1 Å². The van der Waals surface area contributed by atoms with Crippen LogP contribution in [0.5, 0.6) is 0 Å². The maximum Gasteiger partial charge on any atom is 0.317 e. The highest BCUT2D eigenvalue weighted by Crippen LogP contribution is 2.19. The maximum atomic E-state index is 11.9. The number of rotatable bonds is 5. The van der Waals surface area contributed by atoms with Gasteiger partial charge in [-0.1, -0.05) is 35.5 Å². The second-order valence-corrected chi connectivity index (χ2v) is 6.72. The Balaban J connectivity index is 1.35. The first-order chi connectivity index (χ1) is 12.3. The van der Waals surface area contributed by atoms with Crippen LogP contribution in [-0.2, 0) is 13.0 Å². The second-order valence-electron chi connectivity index (χ2n) is 6.72. The number of likely N-dealkylation sites (tertiary alicyclic amines) is 1. The lowest BCUT2D eigenvalue weighted by atomic mass is 10.0. The highest BCUT2D eigenvalue weighted by molar-refractivity contribution is 5.76. The number of amides is 2. The number of hydrogen-bond acceptors (Lipinski definition) is 5. The monoisotopic (exact) mass is 341 g/mol. The molecule has 0 saturated carbocycles. The van der Waals surface area contributed by atoms with Crippen molar-refractivity contribution in [2.75, 3.05) is 26.2 Å². The Morgan fingerprint density at radius 1 is 1.24 bits per heavy atom. The third kappa shape index (κ3) is 3.82. The van der Waals surface area contributed by atoms with E-state index in [1.165, 1.54) is 5.56 Å². The van der Waals surface area contributed by atoms with Crippen molar-refractivity contribution in [1.29, 1.82) is 0 Å². The van der Waals surface area contributed by atoms with Crippen molar-refractivity contribution in [2.24, 2.45) is 0 Å². The minimum Gasteiger partial charge on any atom is -0.338 e. The molecule has 2 fully saturated rings. The van der Waals surface area contributed by atoms with E-state index in [9.17, 15) is 4.79 Å². The first-order valence-corrected chi connectivity index (χ1v) is 8.90. The molecule has 2 aromatic rings. The molecular formula is C18H23N5O2. The number of benzene rings is 1. The van der Waals surface area contributed by atoms with Crippen LogP contribution in [0.1, 0.15) is 30.1 Å². The zero-order valence-electron chi connectivity index (χ0n) is 14.2. The average Bonchev–Trinajstić information content (AvgIpc) is 3.25. The van der Waals surface area contributed by atoms with Crippen molar-refractivity contribution in [2.45, 2.75) is 31.8 Å². The van der Waals surface area contributed by atoms with Crippen LogP contribution in [0.3, 0.4) is 0 Å². The summed E-state index contributed by atoms with van der Waals surface area (Å²) in [5.41, 5.74) is 1.17. The molecule has 3 heterocycles. The molecule has 0 unspecified atom stereocenters. The summed E-state index contributed by atoms with van der Waals surface area (Å²) in [5.74, 6) is 1.37. The fourth-order valence-electron chi connectivity index (χ4n) is 3.66. The lowest BCUT2D eigenvalue weighted by molar-refractivity contribution is 0.113. The molecule has 1 N–H and O–H groups in total. The highest BCUT2D eigenvalue weighted by atomic mass is 16.5. The number of urea groups is 1. The van der Waals surface area contributed by atoms with Crippen LogP contribution in [0.4, 0.5) is 4.79 Å². The van der Waals surface area contributed by atoms with Crippen LogP contribution < -0.4 is 5.32 Å². The molecule has 0 spiro atoms. The number of piperidine rings is 1. The Bertz CT molecular complexity index is 717. The standard InChI is InChI=1S/C18H23N5O2/c24-18-19-8-10-23(18)15-7-4-9-22(12-15)13-17-20-16(21-25-17)11-14-5-2-1-3-6-14/h1-3,5-6,15H,4,7-13H2,(H,19,24)/t15-/m1/s1. The summed E-state index contributed by atoms with van der Waals surface area (Å²) in [4.78, 5) is 20.7. The van der Waals surface area contributed by atoms with E-state index >= 15 is 0 Å². The smallest absolute Gasteiger partial charge is 0.317 e. The Morgan fingerprint density at radius 2 is 2.12 bits per heavy atom. The van der Waals surface area contributed by atoms with Crippen LogP contribution in [0.2, 0.25) is 0 Å². The molecule has 2 saturated heterocycles. The molecule has 2 aliphatic heterocycles. The van der Waals surface area contributed by atoms with Crippen LogP contribution in [0.25, 0.3) is 0 Å². The van der Waals surface area contributed by atoms with Gasteiger partial charge in [0.25, 0.3) is 0 Å². The molecule has 25 heavy (non-hydrogen) atoms. The van der Waals surface area contributed by atoms with Gasteiger partial charge in [-0.15, -0.1) is 0 Å². The molecular weight excluding hydrogens is 318 g/mol. The number of nitrogens with zero attached hydrogens (tertiary/aromatic N) is 4. The topological polar surface area (TPSA) is 74.5 Å². The summed E-state index contributed by atoms with van der Waals surface area (Å²) in [5, 5.41) is 6.98. The van der Waals surface area contributed by atoms with Gasteiger partial charge in [0.05, 0.1) is 6.54 Å². The van der Waals surface area contributed by atoms with Crippen molar-refractivity contribution in [3.63, 3.8) is 0 Å². The van der Waals surface area contributed by atoms with Crippen molar-refractivity contribution in [1.82, 2.24) is 25.3 Å². The van der Waals surface area contributed by atoms with Gasteiger partial charge in [0.2, 0.25) is 5.89 Å². The molecule has 7 heteroatoms. The molecule has 4 rings (SSSR count). The third-order valence-corrected chi connectivity index (χ3v) is 4.89. The van der Waals surface area contributed by atoms with Crippen molar-refractivity contribution in [3.05, 3.63) is 47.6 Å². The van der Waals surface area contributed by atoms with E-state index in [4.69, 9.17) is 4.52 Å². The second kappa shape index (κ2) is 7.23. The summed E-state index contributed by atoms with van der Waals surface area (Å²) in [6.45, 7) is 4.07. The van der Waals surface area contributed by atoms with Crippen LogP contribution in [0.15, 0.2) is 34.9 Å². The molecule has 0 bridgehead atoms. The maximum absolute atomic E-state index is 11.9. The summed E-state index contributed by atoms with van der Waals surface area (Å²) in [6.07, 6.45) is 2.83. The van der Waals surface area contributed by atoms with Gasteiger partial charge in [-0.25, -0.2) is 4.79 Å². The lowest BCUT2D eigenvalue weighted by Gasteiger charge is -2.36. The van der Waals surface area contributed by atoms with Crippen LogP contribution >= 0.6 is 0 Å². The van der Waals surface area contributed by atoms with Gasteiger partial charge >= 0.3 is 6.03 Å². The lowest BCUT2D eigenvalue weighted by Crippen LogP contribution is -2.48. The van der Waals surface area contributed by atoms with Gasteiger partial charge in [-0.05, 0) is 24.9 Å². The average molecular weight is 341 g/mol. The van der Waals surface area contributed by atoms with E-state index in [1.54, 1.807) is 0 Å². The zero-order valence-corrected chi connectivity index (χ0v) is 14.2. The largest absolute Gasteiger partial charge is 0.338 e. The Hall–Kier alpha value is -2.41. The fraction of sp³-hybridized carbons (Fsp3) is 0.500. The zero-order chi connectivity index (χ0) is 17.1. The van der Waals surface area contributed by atoms with Crippen molar-refractivity contribution >= 4 is 6.03 Å². The number of nitrogens with one attached hydrogen (secondary N) is 1. The van der Waals surface area contributed by atoms with Crippen LogP contribution in [-0.4, -0.2) is 58.2 Å². The predicted molar refractivity (Wildman–Crippen MR) is 91.9 cm³/mol. The number of aromatic nitrogens is 2. The van der Waals surface area contributed by atoms with E-state index in [0.717, 1.165) is 39.0 Å². The molecule has 1 aromatic heterocycles. The molecule has 132 valence electrons. The number of carbonyl (C=O) groups is 1. The van der Waals surface area contributed by atoms with E-state index in [0.29, 0.717) is 24.7 Å². The van der Waals surface area contributed by atoms with Gasteiger partial charge in [0.15, 0.2) is 5.82 Å². The van der Waals surface area contributed by atoms with Gasteiger partial charge in [-0.2, -0.15) is 4.98 Å². The molecule has 0 aliphatic carbocycles. The van der Waals surface area contributed by atoms with E-state index < -0.39 is 0 Å². The summed E-state index contributed by atoms with van der Waals surface area (Å²) < 4.78 is 5.43. The molecule has 0 radical (unpaired) electrons. The first kappa shape index (κ1) is 16.1. The predicted octanol–water partition coefficient (Wildman–Crippen LogP) is 1.65. The summed E-state index contributed by atoms with van der Waals surface area (Å²) >= 11 is 0. The third-order valence-electron chi connectivity index (χ3n) is 4.89. The Kier molecular flexibility index (Phi) is 4.65. The molecule has 1 atom stereocenters. The highest BCUT2D eigenvalue weighted by Gasteiger charge is 2.31. The Labute approximate surface area is 147 Å². The quantitative estimate of drug-likeness (QED) is 0.895. The Morgan fingerprint density at radius 3 is 2.92 bits per heavy atom. The first-order valence-electron chi connectivity index (χ1n) is 8.90. The molecule has 2 amide bonds. The van der Waals surface area contributed by atoms with Crippen LogP contribution in [0, 0.1) is 0 Å². The number of hydrogen-bond donors (Lipinski definition) is 1. The van der Waals surface area contributed by atoms with Gasteiger partial charge in [-0.3, -0.25) is 4.90 Å². The van der Waals surface area contributed by atoms with E-state index in [-0.39, 0.29) is 12.1 Å². The van der Waals surface area contributed by atoms with Gasteiger partial charge in [0.1, 0.15) is 0 Å². The molecule has 2 aliphatic rings. The number of carbonyl (C=O) groups excluding carboxylic acids is 1. The van der Waals surface area contributed by atoms with E-state index in [1.807, 2.05) is 23.1 Å². The van der Waals surface area contributed by atoms with E-state index in [2.05, 4.69) is 32.5 Å².